The summed E-state index contributed by atoms with van der Waals surface area (Å²) >= 11 is 0. The lowest BCUT2D eigenvalue weighted by molar-refractivity contribution is -0.137. The zero-order valence-corrected chi connectivity index (χ0v) is 10.5. The van der Waals surface area contributed by atoms with E-state index in [-0.39, 0.29) is 12.3 Å². The van der Waals surface area contributed by atoms with Crippen LogP contribution in [0.4, 0.5) is 18.9 Å². The van der Waals surface area contributed by atoms with Crippen LogP contribution in [0.5, 0.6) is 0 Å². The Morgan fingerprint density at radius 3 is 2.70 bits per heavy atom. The van der Waals surface area contributed by atoms with Crippen molar-refractivity contribution < 1.29 is 22.7 Å². The van der Waals surface area contributed by atoms with Crippen LogP contribution in [-0.4, -0.2) is 25.7 Å². The molecule has 20 heavy (non-hydrogen) atoms. The molecule has 1 aromatic carbocycles. The van der Waals surface area contributed by atoms with Gasteiger partial charge in [0.25, 0.3) is 0 Å². The van der Waals surface area contributed by atoms with E-state index in [9.17, 15) is 18.0 Å². The van der Waals surface area contributed by atoms with Gasteiger partial charge in [-0.05, 0) is 18.2 Å². The molecule has 108 valence electrons. The van der Waals surface area contributed by atoms with E-state index in [2.05, 4.69) is 10.1 Å². The highest BCUT2D eigenvalue weighted by Gasteiger charge is 2.34. The molecule has 0 aliphatic heterocycles. The summed E-state index contributed by atoms with van der Waals surface area (Å²) in [6, 6.07) is 3.33. The Balaban J connectivity index is 2.99. The van der Waals surface area contributed by atoms with Crippen molar-refractivity contribution in [3.05, 3.63) is 29.3 Å². The standard InChI is InChI=1S/C12H12F3N3O2/c1-20-6-10(17)11(19)18-8-3-2-7(5-16)9(4-8)12(13,14)15/h2-4,10H,6,17H2,1H3,(H,18,19). The Morgan fingerprint density at radius 2 is 2.20 bits per heavy atom. The van der Waals surface area contributed by atoms with Gasteiger partial charge in [0, 0.05) is 12.8 Å². The first-order chi connectivity index (χ1) is 9.29. The molecule has 0 fully saturated rings. The largest absolute Gasteiger partial charge is 0.417 e. The molecule has 0 aliphatic rings. The second-order valence-corrected chi connectivity index (χ2v) is 3.92. The van der Waals surface area contributed by atoms with Gasteiger partial charge in [-0.1, -0.05) is 0 Å². The normalized spacial score (nSPS) is 12.6. The van der Waals surface area contributed by atoms with Crippen LogP contribution < -0.4 is 11.1 Å². The highest BCUT2D eigenvalue weighted by Crippen LogP contribution is 2.33. The Labute approximate surface area is 113 Å². The highest BCUT2D eigenvalue weighted by molar-refractivity contribution is 5.94. The number of carbonyl (C=O) groups excluding carboxylic acids is 1. The van der Waals surface area contributed by atoms with Gasteiger partial charge in [-0.2, -0.15) is 18.4 Å². The number of nitriles is 1. The third-order valence-electron chi connectivity index (χ3n) is 2.40. The van der Waals surface area contributed by atoms with Crippen molar-refractivity contribution in [1.82, 2.24) is 0 Å². The molecule has 8 heteroatoms. The monoisotopic (exact) mass is 287 g/mol. The molecule has 3 N–H and O–H groups in total. The Bertz CT molecular complexity index is 538. The molecule has 1 unspecified atom stereocenters. The lowest BCUT2D eigenvalue weighted by Crippen LogP contribution is -2.39. The van der Waals surface area contributed by atoms with Crippen molar-refractivity contribution in [3.8, 4) is 6.07 Å². The smallest absolute Gasteiger partial charge is 0.383 e. The number of nitrogens with zero attached hydrogens (tertiary/aromatic N) is 1. The summed E-state index contributed by atoms with van der Waals surface area (Å²) in [6.45, 7) is -0.0613. The molecule has 1 rings (SSSR count). The van der Waals surface area contributed by atoms with Gasteiger partial charge < -0.3 is 15.8 Å². The third kappa shape index (κ3) is 3.94. The van der Waals surface area contributed by atoms with Crippen LogP contribution in [0.2, 0.25) is 0 Å². The van der Waals surface area contributed by atoms with Crippen LogP contribution in [0, 0.1) is 11.3 Å². The average Bonchev–Trinajstić information content (AvgIpc) is 2.37. The van der Waals surface area contributed by atoms with Crippen LogP contribution in [0.3, 0.4) is 0 Å². The summed E-state index contributed by atoms with van der Waals surface area (Å²) in [5.74, 6) is -0.676. The Hall–Kier alpha value is -2.11. The summed E-state index contributed by atoms with van der Waals surface area (Å²) in [4.78, 5) is 11.6. The number of nitrogens with one attached hydrogen (secondary N) is 1. The topological polar surface area (TPSA) is 88.1 Å². The van der Waals surface area contributed by atoms with Crippen LogP contribution in [0.15, 0.2) is 18.2 Å². The van der Waals surface area contributed by atoms with Crippen molar-refractivity contribution in [2.24, 2.45) is 5.73 Å². The van der Waals surface area contributed by atoms with Gasteiger partial charge in [0.1, 0.15) is 6.04 Å². The van der Waals surface area contributed by atoms with Crippen LogP contribution >= 0.6 is 0 Å². The number of amides is 1. The van der Waals surface area contributed by atoms with Gasteiger partial charge in [-0.3, -0.25) is 4.79 Å². The fourth-order valence-corrected chi connectivity index (χ4v) is 1.44. The lowest BCUT2D eigenvalue weighted by Gasteiger charge is -2.14. The lowest BCUT2D eigenvalue weighted by atomic mass is 10.1. The molecule has 0 bridgehead atoms. The second-order valence-electron chi connectivity index (χ2n) is 3.92. The summed E-state index contributed by atoms with van der Waals surface area (Å²) in [6.07, 6.45) is -4.68. The number of ether oxygens (including phenoxy) is 1. The van der Waals surface area contributed by atoms with Crippen molar-refractivity contribution in [3.63, 3.8) is 0 Å². The number of nitrogens with two attached hydrogens (primary N) is 1. The zero-order chi connectivity index (χ0) is 15.3. The van der Waals surface area contributed by atoms with E-state index in [1.54, 1.807) is 0 Å². The first-order valence-electron chi connectivity index (χ1n) is 5.46. The number of halogens is 3. The van der Waals surface area contributed by atoms with E-state index in [1.807, 2.05) is 0 Å². The molecule has 0 radical (unpaired) electrons. The summed E-state index contributed by atoms with van der Waals surface area (Å²) in [5, 5.41) is 10.9. The zero-order valence-electron chi connectivity index (χ0n) is 10.5. The number of benzene rings is 1. The van der Waals surface area contributed by atoms with E-state index >= 15 is 0 Å². The number of rotatable bonds is 4. The SMILES string of the molecule is COCC(N)C(=O)Nc1ccc(C#N)c(C(F)(F)F)c1. The van der Waals surface area contributed by atoms with Crippen LogP contribution in [0.25, 0.3) is 0 Å². The van der Waals surface area contributed by atoms with Crippen molar-refractivity contribution >= 4 is 11.6 Å². The fraction of sp³-hybridized carbons (Fsp3) is 0.333. The van der Waals surface area contributed by atoms with Gasteiger partial charge in [0.15, 0.2) is 0 Å². The number of alkyl halides is 3. The summed E-state index contributed by atoms with van der Waals surface area (Å²) in [5.41, 5.74) is 3.72. The maximum atomic E-state index is 12.7. The quantitative estimate of drug-likeness (QED) is 0.878. The van der Waals surface area contributed by atoms with Crippen LogP contribution in [0.1, 0.15) is 11.1 Å². The first kappa shape index (κ1) is 15.9. The first-order valence-corrected chi connectivity index (χ1v) is 5.46. The van der Waals surface area contributed by atoms with Gasteiger partial charge in [-0.15, -0.1) is 0 Å². The third-order valence-corrected chi connectivity index (χ3v) is 2.40. The van der Waals surface area contributed by atoms with Crippen LogP contribution in [-0.2, 0) is 15.7 Å². The molecule has 0 saturated heterocycles. The molecular weight excluding hydrogens is 275 g/mol. The molecule has 0 aromatic heterocycles. The molecule has 5 nitrogen and oxygen atoms in total. The van der Waals surface area contributed by atoms with Gasteiger partial charge in [-0.25, -0.2) is 0 Å². The minimum Gasteiger partial charge on any atom is -0.383 e. The second kappa shape index (κ2) is 6.36. The highest BCUT2D eigenvalue weighted by atomic mass is 19.4. The molecule has 1 atom stereocenters. The Kier molecular flexibility index (Phi) is 5.07. The number of hydrogen-bond donors (Lipinski definition) is 2. The molecule has 0 saturated carbocycles. The molecule has 0 heterocycles. The number of methoxy groups -OCH3 is 1. The van der Waals surface area contributed by atoms with E-state index in [0.29, 0.717) is 6.07 Å². The Morgan fingerprint density at radius 1 is 1.55 bits per heavy atom. The number of hydrogen-bond acceptors (Lipinski definition) is 4. The van der Waals surface area contributed by atoms with Gasteiger partial charge in [0.2, 0.25) is 5.91 Å². The predicted octanol–water partition coefficient (Wildman–Crippen LogP) is 1.49. The molecule has 0 aliphatic carbocycles. The van der Waals surface area contributed by atoms with E-state index < -0.39 is 29.3 Å². The van der Waals surface area contributed by atoms with Crippen molar-refractivity contribution in [2.45, 2.75) is 12.2 Å². The van der Waals surface area contributed by atoms with Gasteiger partial charge in [0.05, 0.1) is 23.8 Å². The fourth-order valence-electron chi connectivity index (χ4n) is 1.44. The summed E-state index contributed by atoms with van der Waals surface area (Å²) in [7, 11) is 1.34. The molecule has 0 spiro atoms. The predicted molar refractivity (Wildman–Crippen MR) is 64.6 cm³/mol. The number of carbonyl (C=O) groups is 1. The van der Waals surface area contributed by atoms with Gasteiger partial charge >= 0.3 is 6.18 Å². The maximum Gasteiger partial charge on any atom is 0.417 e. The number of anilines is 1. The molecule has 1 aromatic rings. The minimum atomic E-state index is -4.68. The summed E-state index contributed by atoms with van der Waals surface area (Å²) < 4.78 is 42.8. The maximum absolute atomic E-state index is 12.7. The molecular formula is C12H12F3N3O2. The minimum absolute atomic E-state index is 0.0613. The average molecular weight is 287 g/mol. The van der Waals surface area contributed by atoms with E-state index in [0.717, 1.165) is 6.07 Å². The van der Waals surface area contributed by atoms with Crippen molar-refractivity contribution in [1.29, 1.82) is 5.26 Å². The van der Waals surface area contributed by atoms with E-state index in [1.165, 1.54) is 19.2 Å². The molecule has 1 amide bonds. The van der Waals surface area contributed by atoms with Crippen molar-refractivity contribution in [2.75, 3.05) is 19.0 Å². The van der Waals surface area contributed by atoms with E-state index in [4.69, 9.17) is 11.0 Å².